The first-order chi connectivity index (χ1) is 7.51. The second kappa shape index (κ2) is 4.40. The third-order valence-electron chi connectivity index (χ3n) is 3.97. The van der Waals surface area contributed by atoms with Crippen LogP contribution in [0.3, 0.4) is 0 Å². The summed E-state index contributed by atoms with van der Waals surface area (Å²) in [6.07, 6.45) is 0. The van der Waals surface area contributed by atoms with Gasteiger partial charge in [0.05, 0.1) is 5.60 Å². The zero-order valence-electron chi connectivity index (χ0n) is 13.0. The fraction of sp³-hybridized carbons (Fsp3) is 0.733. The predicted octanol–water partition coefficient (Wildman–Crippen LogP) is 4.46. The Kier molecular flexibility index (Phi) is 3.81. The van der Waals surface area contributed by atoms with Crippen molar-refractivity contribution in [1.82, 2.24) is 0 Å². The highest BCUT2D eigenvalue weighted by Crippen LogP contribution is 2.48. The summed E-state index contributed by atoms with van der Waals surface area (Å²) in [6.45, 7) is 20.3. The van der Waals surface area contributed by atoms with Crippen molar-refractivity contribution in [3.05, 3.63) is 22.3 Å². The number of rotatable bonds is 2. The van der Waals surface area contributed by atoms with Gasteiger partial charge in [-0.25, -0.2) is 0 Å². The van der Waals surface area contributed by atoms with Crippen LogP contribution in [0.25, 0.3) is 0 Å². The van der Waals surface area contributed by atoms with Gasteiger partial charge in [-0.05, 0) is 68.5 Å². The van der Waals surface area contributed by atoms with Crippen LogP contribution >= 0.6 is 0 Å². The van der Waals surface area contributed by atoms with E-state index in [9.17, 15) is 0 Å². The average Bonchev–Trinajstić information content (AvgIpc) is 2.26. The number of hydrogen-bond donors (Lipinski definition) is 0. The third-order valence-corrected chi connectivity index (χ3v) is 4.91. The summed E-state index contributed by atoms with van der Waals surface area (Å²) in [5, 5.41) is 0. The lowest BCUT2D eigenvalue weighted by Crippen LogP contribution is -2.34. The largest absolute Gasteiger partial charge is 0.408 e. The van der Waals surface area contributed by atoms with Gasteiger partial charge in [-0.3, -0.25) is 0 Å². The molecule has 0 fully saturated rings. The Morgan fingerprint density at radius 2 is 1.47 bits per heavy atom. The summed E-state index contributed by atoms with van der Waals surface area (Å²) in [7, 11) is -1.04. The molecule has 0 amide bonds. The molecule has 0 N–H and O–H groups in total. The van der Waals surface area contributed by atoms with Crippen molar-refractivity contribution >= 4 is 9.04 Å². The van der Waals surface area contributed by atoms with E-state index in [2.05, 4.69) is 61.6 Å². The third kappa shape index (κ3) is 2.43. The second-order valence-electron chi connectivity index (χ2n) is 6.70. The smallest absolute Gasteiger partial charge is 0.172 e. The van der Waals surface area contributed by atoms with E-state index in [0.717, 1.165) is 0 Å². The van der Waals surface area contributed by atoms with Crippen LogP contribution < -0.4 is 0 Å². The summed E-state index contributed by atoms with van der Waals surface area (Å²) in [6, 6.07) is 0. The molecule has 1 nitrogen and oxygen atoms in total. The molecule has 0 bridgehead atoms. The minimum atomic E-state index is -1.04. The van der Waals surface area contributed by atoms with Crippen LogP contribution in [0.4, 0.5) is 0 Å². The summed E-state index contributed by atoms with van der Waals surface area (Å²) in [5.74, 6) is 0. The van der Waals surface area contributed by atoms with Crippen LogP contribution in [0.1, 0.15) is 48.5 Å². The van der Waals surface area contributed by atoms with Crippen LogP contribution in [0, 0.1) is 5.41 Å². The van der Waals surface area contributed by atoms with Gasteiger partial charge < -0.3 is 4.43 Å². The van der Waals surface area contributed by atoms with Crippen LogP contribution in [-0.4, -0.2) is 14.6 Å². The fourth-order valence-corrected chi connectivity index (χ4v) is 4.42. The van der Waals surface area contributed by atoms with Gasteiger partial charge in [-0.15, -0.1) is 0 Å². The minimum absolute atomic E-state index is 0.146. The van der Waals surface area contributed by atoms with Gasteiger partial charge in [0.1, 0.15) is 0 Å². The van der Waals surface area contributed by atoms with Crippen molar-refractivity contribution in [3.8, 4) is 0 Å². The number of allylic oxidation sites excluding steroid dienone is 2. The van der Waals surface area contributed by atoms with E-state index >= 15 is 0 Å². The Morgan fingerprint density at radius 3 is 1.76 bits per heavy atom. The molecule has 0 aliphatic heterocycles. The molecule has 1 atom stereocenters. The molecule has 0 saturated heterocycles. The Balaban J connectivity index is 3.34. The molecule has 1 aliphatic rings. The highest BCUT2D eigenvalue weighted by molar-refractivity contribution is 6.48. The van der Waals surface area contributed by atoms with E-state index in [4.69, 9.17) is 4.43 Å². The summed E-state index contributed by atoms with van der Waals surface area (Å²) in [5.41, 5.74) is 5.81. The summed E-state index contributed by atoms with van der Waals surface area (Å²) < 4.78 is 6.34. The molecule has 0 spiro atoms. The average molecular weight is 252 g/mol. The molecule has 0 saturated carbocycles. The zero-order chi connectivity index (χ0) is 13.6. The van der Waals surface area contributed by atoms with E-state index in [0.29, 0.717) is 0 Å². The van der Waals surface area contributed by atoms with Crippen molar-refractivity contribution < 1.29 is 4.43 Å². The maximum absolute atomic E-state index is 6.34. The Labute approximate surface area is 109 Å². The molecular weight excluding hydrogens is 224 g/mol. The van der Waals surface area contributed by atoms with Gasteiger partial charge in [-0.2, -0.15) is 0 Å². The van der Waals surface area contributed by atoms with E-state index in [1.807, 2.05) is 0 Å². The van der Waals surface area contributed by atoms with Crippen molar-refractivity contribution in [2.45, 2.75) is 67.2 Å². The lowest BCUT2D eigenvalue weighted by molar-refractivity contribution is 0.170. The van der Waals surface area contributed by atoms with E-state index in [1.165, 1.54) is 22.3 Å². The molecule has 0 heterocycles. The predicted molar refractivity (Wildman–Crippen MR) is 78.9 cm³/mol. The lowest BCUT2D eigenvalue weighted by atomic mass is 9.81. The van der Waals surface area contributed by atoms with Crippen molar-refractivity contribution in [2.75, 3.05) is 0 Å². The quantitative estimate of drug-likeness (QED) is 0.659. The first-order valence-corrected chi connectivity index (χ1v) is 9.38. The summed E-state index contributed by atoms with van der Waals surface area (Å²) >= 11 is 0. The van der Waals surface area contributed by atoms with Gasteiger partial charge in [-0.1, -0.05) is 20.8 Å². The van der Waals surface area contributed by atoms with E-state index < -0.39 is 9.04 Å². The molecule has 1 aliphatic carbocycles. The van der Waals surface area contributed by atoms with Crippen LogP contribution in [0.15, 0.2) is 22.3 Å². The topological polar surface area (TPSA) is 9.23 Å². The van der Waals surface area contributed by atoms with Crippen molar-refractivity contribution in [2.24, 2.45) is 5.41 Å². The van der Waals surface area contributed by atoms with Gasteiger partial charge in [0, 0.05) is 0 Å². The molecular formula is C15H28OSi. The zero-order valence-corrected chi connectivity index (χ0v) is 14.1. The highest BCUT2D eigenvalue weighted by Gasteiger charge is 2.41. The van der Waals surface area contributed by atoms with E-state index in [1.54, 1.807) is 0 Å². The molecule has 2 heteroatoms. The van der Waals surface area contributed by atoms with Crippen molar-refractivity contribution in [3.63, 3.8) is 0 Å². The molecule has 1 rings (SSSR count). The van der Waals surface area contributed by atoms with Gasteiger partial charge in [0.15, 0.2) is 9.04 Å². The molecule has 0 aromatic heterocycles. The molecule has 0 aromatic rings. The lowest BCUT2D eigenvalue weighted by Gasteiger charge is -2.33. The number of hydrogen-bond acceptors (Lipinski definition) is 1. The monoisotopic (exact) mass is 252 g/mol. The Bertz CT molecular complexity index is 382. The van der Waals surface area contributed by atoms with Crippen LogP contribution in [0.2, 0.25) is 13.1 Å². The maximum Gasteiger partial charge on any atom is 0.172 e. The van der Waals surface area contributed by atoms with Gasteiger partial charge in [0.2, 0.25) is 0 Å². The highest BCUT2D eigenvalue weighted by atomic mass is 28.3. The van der Waals surface area contributed by atoms with Gasteiger partial charge in [0.25, 0.3) is 0 Å². The first-order valence-electron chi connectivity index (χ1n) is 6.59. The molecule has 0 radical (unpaired) electrons. The summed E-state index contributed by atoms with van der Waals surface area (Å²) in [4.78, 5) is 0. The molecule has 17 heavy (non-hydrogen) atoms. The van der Waals surface area contributed by atoms with Crippen LogP contribution in [-0.2, 0) is 4.43 Å². The normalized spacial score (nSPS) is 26.5. The SMILES string of the molecule is CC1=C(C)C(C)(O[SiH](C)C)C(C)=C1C(C)(C)C. The Hall–Kier alpha value is -0.343. The van der Waals surface area contributed by atoms with E-state index in [-0.39, 0.29) is 11.0 Å². The van der Waals surface area contributed by atoms with Gasteiger partial charge >= 0.3 is 0 Å². The maximum atomic E-state index is 6.34. The second-order valence-corrected chi connectivity index (χ2v) is 9.03. The fourth-order valence-electron chi connectivity index (χ4n) is 3.12. The van der Waals surface area contributed by atoms with Crippen molar-refractivity contribution in [1.29, 1.82) is 0 Å². The first kappa shape index (κ1) is 14.7. The molecule has 98 valence electrons. The van der Waals surface area contributed by atoms with Crippen LogP contribution in [0.5, 0.6) is 0 Å². The standard InChI is InChI=1S/C15H28OSi/c1-10-11(2)15(7,16-17(8)9)12(3)13(10)14(4,5)6/h17H,1-9H3. The Morgan fingerprint density at radius 1 is 1.00 bits per heavy atom. The molecule has 1 unspecified atom stereocenters. The minimum Gasteiger partial charge on any atom is -0.408 e. The molecule has 0 aromatic carbocycles.